The number of phosphoric acid groups is 1. The van der Waals surface area contributed by atoms with Crippen molar-refractivity contribution in [3.63, 3.8) is 0 Å². The molecule has 0 spiro atoms. The van der Waals surface area contributed by atoms with Crippen molar-refractivity contribution in [2.45, 2.75) is 298 Å². The summed E-state index contributed by atoms with van der Waals surface area (Å²) in [5.41, 5.74) is 0. The fourth-order valence-corrected chi connectivity index (χ4v) is 11.3. The minimum Gasteiger partial charge on any atom is -0.462 e. The van der Waals surface area contributed by atoms with Crippen LogP contribution in [0.15, 0.2) is 24.3 Å². The zero-order valence-electron chi connectivity index (χ0n) is 48.9. The van der Waals surface area contributed by atoms with Crippen molar-refractivity contribution in [1.82, 2.24) is 0 Å². The molecule has 17 unspecified atom stereocenters. The molecule has 0 aromatic heterocycles. The molecule has 3 aliphatic rings. The predicted molar refractivity (Wildman–Crippen MR) is 300 cm³/mol. The van der Waals surface area contributed by atoms with Gasteiger partial charge in [-0.3, -0.25) is 13.8 Å². The molecule has 0 bridgehead atoms. The van der Waals surface area contributed by atoms with Gasteiger partial charge in [-0.25, -0.2) is 9.36 Å². The second-order valence-electron chi connectivity index (χ2n) is 22.6. The Hall–Kier alpha value is -2.07. The molecule has 17 atom stereocenters. The maximum atomic E-state index is 14.0. The number of hydrogen-bond acceptors (Lipinski definition) is 22. The molecule has 2 aliphatic heterocycles. The van der Waals surface area contributed by atoms with Crippen molar-refractivity contribution in [1.29, 1.82) is 0 Å². The lowest BCUT2D eigenvalue weighted by molar-refractivity contribution is -0.360. The molecule has 2 heterocycles. The van der Waals surface area contributed by atoms with Crippen molar-refractivity contribution >= 4 is 19.8 Å². The Morgan fingerprint density at radius 2 is 0.951 bits per heavy atom. The Labute approximate surface area is 485 Å². The third-order valence-electron chi connectivity index (χ3n) is 15.5. The summed E-state index contributed by atoms with van der Waals surface area (Å²) in [5.74, 6) is -0.884. The zero-order valence-corrected chi connectivity index (χ0v) is 49.8. The van der Waals surface area contributed by atoms with Crippen molar-refractivity contribution < 1.29 is 113 Å². The van der Waals surface area contributed by atoms with Crippen molar-refractivity contribution in [3.05, 3.63) is 24.3 Å². The minimum absolute atomic E-state index is 0.0338. The summed E-state index contributed by atoms with van der Waals surface area (Å²) in [4.78, 5) is 37.5. The molecule has 82 heavy (non-hydrogen) atoms. The topological polar surface area (TPSA) is 368 Å². The van der Waals surface area contributed by atoms with Crippen LogP contribution in [0, 0.1) is 5.92 Å². The van der Waals surface area contributed by atoms with Gasteiger partial charge in [0.25, 0.3) is 0 Å². The van der Waals surface area contributed by atoms with Gasteiger partial charge in [0.2, 0.25) is 0 Å². The quantitative estimate of drug-likeness (QED) is 0.0129. The number of carbonyl (C=O) groups excluding carboxylic acids is 2. The van der Waals surface area contributed by atoms with Gasteiger partial charge >= 0.3 is 19.8 Å². The summed E-state index contributed by atoms with van der Waals surface area (Å²) in [5, 5.41) is 117. The van der Waals surface area contributed by atoms with Gasteiger partial charge in [-0.1, -0.05) is 187 Å². The van der Waals surface area contributed by atoms with Crippen LogP contribution in [0.2, 0.25) is 0 Å². The number of aliphatic hydroxyl groups is 11. The molecule has 2 saturated heterocycles. The number of aliphatic hydroxyl groups excluding tert-OH is 11. The summed E-state index contributed by atoms with van der Waals surface area (Å²) >= 11 is 0. The molecular formula is C58H105O23P. The van der Waals surface area contributed by atoms with Gasteiger partial charge in [0.15, 0.2) is 18.7 Å². The number of phosphoric ester groups is 1. The van der Waals surface area contributed by atoms with E-state index in [-0.39, 0.29) is 6.42 Å². The van der Waals surface area contributed by atoms with Gasteiger partial charge in [-0.2, -0.15) is 0 Å². The number of unbranched alkanes of at least 4 members (excludes halogenated alkanes) is 21. The lowest BCUT2D eigenvalue weighted by Crippen LogP contribution is -2.69. The first-order valence-electron chi connectivity index (χ1n) is 30.6. The normalized spacial score (nSPS) is 31.3. The standard InChI is InChI=1S/C58H105O23P/c1-4-6-8-10-12-13-14-15-16-17-18-19-20-26-30-34-44(62)76-40(37-74-43(61)33-29-25-22-21-24-28-32-39(3)31-27-23-11-9-7-5-2)38-75-82(72,73)81-56-54(79-57-52(70)47(65)45(63)41(35-59)77-57)50(68)49(67)51(69)55(56)80-58-53(71)48(66)46(64)42(36-60)78-58/h20,26,30,34,39-42,45-60,63-71H,4-19,21-25,27-29,31-33,35-38H2,1-3H3,(H,72,73)/b26-20+,34-30+. The van der Waals surface area contributed by atoms with E-state index in [4.69, 9.17) is 37.5 Å². The summed E-state index contributed by atoms with van der Waals surface area (Å²) in [6, 6.07) is 0. The Morgan fingerprint density at radius 1 is 0.524 bits per heavy atom. The van der Waals surface area contributed by atoms with E-state index >= 15 is 0 Å². The Bertz CT molecular complexity index is 1740. The van der Waals surface area contributed by atoms with E-state index in [9.17, 15) is 75.2 Å². The van der Waals surface area contributed by atoms with Crippen LogP contribution in [0.3, 0.4) is 0 Å². The van der Waals surface area contributed by atoms with Crippen LogP contribution in [0.5, 0.6) is 0 Å². The molecular weight excluding hydrogens is 1100 g/mol. The van der Waals surface area contributed by atoms with E-state index in [0.29, 0.717) is 12.3 Å². The largest absolute Gasteiger partial charge is 0.472 e. The predicted octanol–water partition coefficient (Wildman–Crippen LogP) is 4.73. The monoisotopic (exact) mass is 1200 g/mol. The van der Waals surface area contributed by atoms with Crippen LogP contribution in [0.25, 0.3) is 0 Å². The lowest BCUT2D eigenvalue weighted by atomic mass is 9.84. The number of allylic oxidation sites excluding steroid dienone is 3. The van der Waals surface area contributed by atoms with Crippen molar-refractivity contribution in [3.8, 4) is 0 Å². The van der Waals surface area contributed by atoms with E-state index in [1.54, 1.807) is 6.08 Å². The highest BCUT2D eigenvalue weighted by molar-refractivity contribution is 7.47. The molecule has 12 N–H and O–H groups in total. The van der Waals surface area contributed by atoms with Gasteiger partial charge in [-0.15, -0.1) is 0 Å². The number of hydrogen-bond donors (Lipinski definition) is 12. The van der Waals surface area contributed by atoms with Crippen LogP contribution in [-0.4, -0.2) is 204 Å². The van der Waals surface area contributed by atoms with E-state index in [1.165, 1.54) is 109 Å². The van der Waals surface area contributed by atoms with Gasteiger partial charge in [-0.05, 0) is 25.2 Å². The highest BCUT2D eigenvalue weighted by atomic mass is 31.2. The van der Waals surface area contributed by atoms with Crippen LogP contribution in [-0.2, 0) is 51.6 Å². The fraction of sp³-hybridized carbons (Fsp3) is 0.897. The maximum absolute atomic E-state index is 14.0. The Balaban J connectivity index is 1.72. The lowest BCUT2D eigenvalue weighted by Gasteiger charge is -2.49. The minimum atomic E-state index is -5.66. The van der Waals surface area contributed by atoms with E-state index < -0.39 is 150 Å². The molecule has 3 fully saturated rings. The van der Waals surface area contributed by atoms with Gasteiger partial charge < -0.3 is 89.5 Å². The second kappa shape index (κ2) is 41.9. The highest BCUT2D eigenvalue weighted by Gasteiger charge is 2.58. The third kappa shape index (κ3) is 27.3. The average Bonchev–Trinajstić information content (AvgIpc) is 3.54. The van der Waals surface area contributed by atoms with Gasteiger partial charge in [0, 0.05) is 12.5 Å². The molecule has 23 nitrogen and oxygen atoms in total. The second-order valence-corrected chi connectivity index (χ2v) is 24.0. The van der Waals surface area contributed by atoms with Gasteiger partial charge in [0.1, 0.15) is 92.1 Å². The summed E-state index contributed by atoms with van der Waals surface area (Å²) in [7, 11) is -5.66. The van der Waals surface area contributed by atoms with Gasteiger partial charge in [0.05, 0.1) is 19.8 Å². The Morgan fingerprint density at radius 3 is 1.41 bits per heavy atom. The molecule has 0 aromatic carbocycles. The molecule has 480 valence electrons. The van der Waals surface area contributed by atoms with Crippen molar-refractivity contribution in [2.75, 3.05) is 26.4 Å². The van der Waals surface area contributed by atoms with Crippen molar-refractivity contribution in [2.24, 2.45) is 5.92 Å². The molecule has 1 saturated carbocycles. The molecule has 24 heteroatoms. The molecule has 0 aromatic rings. The molecule has 3 rings (SSSR count). The first-order valence-corrected chi connectivity index (χ1v) is 32.1. The number of esters is 2. The smallest absolute Gasteiger partial charge is 0.462 e. The van der Waals surface area contributed by atoms with Crippen LogP contribution < -0.4 is 0 Å². The third-order valence-corrected chi connectivity index (χ3v) is 16.5. The number of ether oxygens (including phenoxy) is 6. The van der Waals surface area contributed by atoms with E-state index in [1.807, 2.05) is 6.08 Å². The summed E-state index contributed by atoms with van der Waals surface area (Å²) in [6.07, 6.45) is 0.862. The number of rotatable bonds is 44. The first kappa shape index (κ1) is 74.2. The first-order chi connectivity index (χ1) is 39.3. The molecule has 1 aliphatic carbocycles. The Kier molecular flexibility index (Phi) is 37.9. The molecule has 0 radical (unpaired) electrons. The van der Waals surface area contributed by atoms with E-state index in [0.717, 1.165) is 63.9 Å². The van der Waals surface area contributed by atoms with Crippen LogP contribution in [0.1, 0.15) is 194 Å². The summed E-state index contributed by atoms with van der Waals surface area (Å²) < 4.78 is 58.0. The molecule has 0 amide bonds. The van der Waals surface area contributed by atoms with Crippen LogP contribution in [0.4, 0.5) is 0 Å². The maximum Gasteiger partial charge on any atom is 0.472 e. The SMILES string of the molecule is CCCCCCCCCCCCC/C=C/C=C/C(=O)OC(COC(=O)CCCCCCCCC(C)CCCCCCCC)COP(=O)(O)OC1C(OC2OC(CO)C(O)C(O)C2O)C(O)C(O)C(O)C1OC1OC(CO)C(O)C(O)C1O. The number of carbonyl (C=O) groups is 2. The average molecular weight is 1200 g/mol. The van der Waals surface area contributed by atoms with Crippen LogP contribution >= 0.6 is 7.82 Å². The van der Waals surface area contributed by atoms with E-state index in [2.05, 4.69) is 20.8 Å². The summed E-state index contributed by atoms with van der Waals surface area (Å²) in [6.45, 7) is 3.23. The fourth-order valence-electron chi connectivity index (χ4n) is 10.3. The zero-order chi connectivity index (χ0) is 60.5. The highest BCUT2D eigenvalue weighted by Crippen LogP contribution is 2.49.